The number of nitrogens with one attached hydrogen (secondary N) is 1. The molecule has 0 radical (unpaired) electrons. The van der Waals surface area contributed by atoms with Gasteiger partial charge in [-0.2, -0.15) is 0 Å². The molecule has 1 amide bonds. The Morgan fingerprint density at radius 3 is 2.60 bits per heavy atom. The average molecular weight is 352 g/mol. The first-order valence-electron chi connectivity index (χ1n) is 7.63. The molecule has 0 unspecified atom stereocenters. The van der Waals surface area contributed by atoms with Crippen LogP contribution in [-0.2, 0) is 0 Å². The summed E-state index contributed by atoms with van der Waals surface area (Å²) in [7, 11) is 0. The highest BCUT2D eigenvalue weighted by atomic mass is 32.1. The van der Waals surface area contributed by atoms with Crippen LogP contribution in [-0.4, -0.2) is 20.9 Å². The molecule has 0 aliphatic heterocycles. The molecule has 7 heteroatoms. The molecule has 124 valence electrons. The summed E-state index contributed by atoms with van der Waals surface area (Å²) in [4.78, 5) is 25.8. The second kappa shape index (κ2) is 5.86. The van der Waals surface area contributed by atoms with E-state index in [2.05, 4.69) is 20.3 Å². The molecule has 0 aliphatic rings. The topological polar surface area (TPSA) is 67.8 Å². The quantitative estimate of drug-likeness (QED) is 0.586. The zero-order chi connectivity index (χ0) is 17.6. The Morgan fingerprint density at radius 2 is 1.80 bits per heavy atom. The number of carbonyl (C=O) groups is 1. The van der Waals surface area contributed by atoms with E-state index in [9.17, 15) is 9.18 Å². The lowest BCUT2D eigenvalue weighted by molar-refractivity contribution is 0.102. The monoisotopic (exact) mass is 352 g/mol. The highest BCUT2D eigenvalue weighted by molar-refractivity contribution is 7.22. The second-order valence-corrected chi connectivity index (χ2v) is 6.69. The largest absolute Gasteiger partial charge is 0.298 e. The van der Waals surface area contributed by atoms with Crippen LogP contribution in [0.4, 0.5) is 9.52 Å². The SMILES string of the molecule is Cc1nc2cc(F)cc(C(=O)Nc3nc4ccccc4s3)c2nc1C. The third-order valence-electron chi connectivity index (χ3n) is 3.90. The Kier molecular flexibility index (Phi) is 3.65. The smallest absolute Gasteiger partial charge is 0.259 e. The number of aryl methyl sites for hydroxylation is 2. The summed E-state index contributed by atoms with van der Waals surface area (Å²) < 4.78 is 14.9. The minimum Gasteiger partial charge on any atom is -0.298 e. The van der Waals surface area contributed by atoms with Crippen molar-refractivity contribution in [2.45, 2.75) is 13.8 Å². The Balaban J connectivity index is 1.77. The molecule has 4 rings (SSSR count). The molecule has 2 aromatic heterocycles. The van der Waals surface area contributed by atoms with Crippen LogP contribution in [0.5, 0.6) is 0 Å². The maximum Gasteiger partial charge on any atom is 0.259 e. The number of fused-ring (bicyclic) bond motifs is 2. The van der Waals surface area contributed by atoms with E-state index in [1.807, 2.05) is 24.3 Å². The minimum absolute atomic E-state index is 0.143. The van der Waals surface area contributed by atoms with Gasteiger partial charge in [-0.15, -0.1) is 0 Å². The van der Waals surface area contributed by atoms with E-state index in [-0.39, 0.29) is 5.56 Å². The Hall–Kier alpha value is -2.93. The van der Waals surface area contributed by atoms with Gasteiger partial charge in [0.1, 0.15) is 11.3 Å². The number of aromatic nitrogens is 3. The van der Waals surface area contributed by atoms with Crippen molar-refractivity contribution in [3.63, 3.8) is 0 Å². The lowest BCUT2D eigenvalue weighted by atomic mass is 10.1. The second-order valence-electron chi connectivity index (χ2n) is 5.66. The summed E-state index contributed by atoms with van der Waals surface area (Å²) in [5, 5.41) is 3.19. The number of anilines is 1. The van der Waals surface area contributed by atoms with Crippen LogP contribution in [0.1, 0.15) is 21.7 Å². The van der Waals surface area contributed by atoms with Gasteiger partial charge in [0.05, 0.1) is 32.7 Å². The number of hydrogen-bond donors (Lipinski definition) is 1. The minimum atomic E-state index is -0.528. The fraction of sp³-hybridized carbons (Fsp3) is 0.111. The van der Waals surface area contributed by atoms with Crippen molar-refractivity contribution in [1.29, 1.82) is 0 Å². The van der Waals surface area contributed by atoms with E-state index in [1.165, 1.54) is 23.5 Å². The van der Waals surface area contributed by atoms with E-state index in [0.717, 1.165) is 10.2 Å². The summed E-state index contributed by atoms with van der Waals surface area (Å²) in [6.07, 6.45) is 0. The molecule has 4 aromatic rings. The first-order valence-corrected chi connectivity index (χ1v) is 8.44. The van der Waals surface area contributed by atoms with Gasteiger partial charge in [0.15, 0.2) is 5.13 Å². The number of thiazole rings is 1. The number of nitrogens with zero attached hydrogens (tertiary/aromatic N) is 3. The van der Waals surface area contributed by atoms with E-state index in [0.29, 0.717) is 27.6 Å². The number of amides is 1. The van der Waals surface area contributed by atoms with Crippen molar-refractivity contribution in [1.82, 2.24) is 15.0 Å². The van der Waals surface area contributed by atoms with Gasteiger partial charge in [-0.05, 0) is 32.0 Å². The molecule has 0 saturated heterocycles. The van der Waals surface area contributed by atoms with Gasteiger partial charge in [-0.25, -0.2) is 19.3 Å². The molecular weight excluding hydrogens is 339 g/mol. The summed E-state index contributed by atoms with van der Waals surface area (Å²) in [6, 6.07) is 10.0. The first-order chi connectivity index (χ1) is 12.0. The van der Waals surface area contributed by atoms with Crippen LogP contribution in [0.3, 0.4) is 0 Å². The van der Waals surface area contributed by atoms with E-state index < -0.39 is 11.7 Å². The average Bonchev–Trinajstić information content (AvgIpc) is 2.97. The molecule has 5 nitrogen and oxygen atoms in total. The van der Waals surface area contributed by atoms with Crippen LogP contribution in [0.2, 0.25) is 0 Å². The van der Waals surface area contributed by atoms with Crippen LogP contribution in [0.25, 0.3) is 21.3 Å². The molecule has 0 spiro atoms. The normalized spacial score (nSPS) is 11.2. The Bertz CT molecular complexity index is 1110. The van der Waals surface area contributed by atoms with Crippen molar-refractivity contribution >= 4 is 43.6 Å². The first kappa shape index (κ1) is 15.6. The predicted molar refractivity (Wildman–Crippen MR) is 96.5 cm³/mol. The molecule has 0 bridgehead atoms. The molecule has 1 N–H and O–H groups in total. The number of rotatable bonds is 2. The Labute approximate surface area is 146 Å². The van der Waals surface area contributed by atoms with E-state index in [1.54, 1.807) is 13.8 Å². The van der Waals surface area contributed by atoms with Gasteiger partial charge in [0.2, 0.25) is 0 Å². The predicted octanol–water partition coefficient (Wildman–Crippen LogP) is 4.25. The standard InChI is InChI=1S/C18H13FN4OS/c1-9-10(2)21-16-12(7-11(19)8-14(16)20-9)17(24)23-18-22-13-5-3-4-6-15(13)25-18/h3-8H,1-2H3,(H,22,23,24). The summed E-state index contributed by atoms with van der Waals surface area (Å²) in [5.41, 5.74) is 3.09. The van der Waals surface area contributed by atoms with Crippen molar-refractivity contribution in [3.05, 3.63) is 59.2 Å². The number of hydrogen-bond acceptors (Lipinski definition) is 5. The van der Waals surface area contributed by atoms with Crippen LogP contribution < -0.4 is 5.32 Å². The maximum atomic E-state index is 13.9. The van der Waals surface area contributed by atoms with Gasteiger partial charge in [0, 0.05) is 6.07 Å². The fourth-order valence-electron chi connectivity index (χ4n) is 2.56. The van der Waals surface area contributed by atoms with Crippen molar-refractivity contribution in [3.8, 4) is 0 Å². The van der Waals surface area contributed by atoms with E-state index >= 15 is 0 Å². The van der Waals surface area contributed by atoms with Gasteiger partial charge < -0.3 is 0 Å². The molecule has 0 aliphatic carbocycles. The van der Waals surface area contributed by atoms with Gasteiger partial charge in [0.25, 0.3) is 5.91 Å². The third-order valence-corrected chi connectivity index (χ3v) is 4.86. The number of para-hydroxylation sites is 1. The summed E-state index contributed by atoms with van der Waals surface area (Å²) >= 11 is 1.36. The lowest BCUT2D eigenvalue weighted by Crippen LogP contribution is -2.14. The molecule has 0 atom stereocenters. The fourth-order valence-corrected chi connectivity index (χ4v) is 3.42. The maximum absolute atomic E-state index is 13.9. The zero-order valence-corrected chi connectivity index (χ0v) is 14.3. The zero-order valence-electron chi connectivity index (χ0n) is 13.5. The number of carbonyl (C=O) groups excluding carboxylic acids is 1. The van der Waals surface area contributed by atoms with Crippen LogP contribution in [0, 0.1) is 19.7 Å². The summed E-state index contributed by atoms with van der Waals surface area (Å²) in [5.74, 6) is -0.986. The van der Waals surface area contributed by atoms with Crippen LogP contribution >= 0.6 is 11.3 Å². The molecular formula is C18H13FN4OS. The van der Waals surface area contributed by atoms with Gasteiger partial charge in [-0.3, -0.25) is 10.1 Å². The van der Waals surface area contributed by atoms with Crippen molar-refractivity contribution in [2.24, 2.45) is 0 Å². The lowest BCUT2D eigenvalue weighted by Gasteiger charge is -2.08. The highest BCUT2D eigenvalue weighted by Gasteiger charge is 2.17. The highest BCUT2D eigenvalue weighted by Crippen LogP contribution is 2.27. The molecule has 0 saturated carbocycles. The number of halogens is 1. The number of benzene rings is 2. The molecule has 2 aromatic carbocycles. The van der Waals surface area contributed by atoms with Gasteiger partial charge >= 0.3 is 0 Å². The molecule has 25 heavy (non-hydrogen) atoms. The summed E-state index contributed by atoms with van der Waals surface area (Å²) in [6.45, 7) is 3.61. The van der Waals surface area contributed by atoms with Crippen LogP contribution in [0.15, 0.2) is 36.4 Å². The van der Waals surface area contributed by atoms with Gasteiger partial charge in [-0.1, -0.05) is 23.5 Å². The van der Waals surface area contributed by atoms with Crippen molar-refractivity contribution < 1.29 is 9.18 Å². The van der Waals surface area contributed by atoms with E-state index in [4.69, 9.17) is 0 Å². The van der Waals surface area contributed by atoms with Crippen molar-refractivity contribution in [2.75, 3.05) is 5.32 Å². The third kappa shape index (κ3) is 2.83. The molecule has 0 fully saturated rings. The Morgan fingerprint density at radius 1 is 1.04 bits per heavy atom. The molecule has 2 heterocycles.